The summed E-state index contributed by atoms with van der Waals surface area (Å²) in [7, 11) is 0. The molecule has 0 aliphatic rings. The Balaban J connectivity index is 1.08. The fourth-order valence-corrected chi connectivity index (χ4v) is 8.69. The van der Waals surface area contributed by atoms with Gasteiger partial charge in [-0.15, -0.1) is 0 Å². The summed E-state index contributed by atoms with van der Waals surface area (Å²) in [6.45, 7) is 8.29. The lowest BCUT2D eigenvalue weighted by atomic mass is 10.0. The second kappa shape index (κ2) is 11.8. The number of rotatable bonds is 4. The van der Waals surface area contributed by atoms with Gasteiger partial charge >= 0.3 is 0 Å². The smallest absolute Gasteiger partial charge is 0.211 e. The summed E-state index contributed by atoms with van der Waals surface area (Å²) in [4.78, 5) is 4.07. The zero-order chi connectivity index (χ0) is 36.6. The quantitative estimate of drug-likeness (QED) is 0.169. The van der Waals surface area contributed by atoms with Crippen molar-refractivity contribution in [3.63, 3.8) is 0 Å². The minimum atomic E-state index is 0.601. The molecule has 0 bridgehead atoms. The first-order valence-electron chi connectivity index (χ1n) is 18.3. The number of benzene rings is 8. The van der Waals surface area contributed by atoms with Crippen molar-refractivity contribution in [3.8, 4) is 34.3 Å². The van der Waals surface area contributed by atoms with E-state index in [0.717, 1.165) is 72.1 Å². The Morgan fingerprint density at radius 2 is 0.927 bits per heavy atom. The van der Waals surface area contributed by atoms with E-state index in [1.165, 1.54) is 21.5 Å². The van der Waals surface area contributed by atoms with Crippen LogP contribution in [-0.2, 0) is 0 Å². The van der Waals surface area contributed by atoms with Gasteiger partial charge in [-0.2, -0.15) is 5.26 Å². The van der Waals surface area contributed by atoms with Gasteiger partial charge in [-0.25, -0.2) is 4.85 Å². The van der Waals surface area contributed by atoms with Gasteiger partial charge in [0.15, 0.2) is 0 Å². The molecule has 0 N–H and O–H groups in total. The summed E-state index contributed by atoms with van der Waals surface area (Å²) in [5.74, 6) is 0. The lowest BCUT2D eigenvalue weighted by Crippen LogP contribution is -1.97. The van der Waals surface area contributed by atoms with Gasteiger partial charge in [-0.05, 0) is 90.0 Å². The highest BCUT2D eigenvalue weighted by atomic mass is 15.0. The third-order valence-electron chi connectivity index (χ3n) is 11.1. The van der Waals surface area contributed by atoms with Crippen LogP contribution in [0.25, 0.3) is 98.5 Å². The molecule has 0 saturated carbocycles. The van der Waals surface area contributed by atoms with Crippen LogP contribution < -0.4 is 0 Å². The van der Waals surface area contributed by atoms with Crippen molar-refractivity contribution in [2.24, 2.45) is 0 Å². The molecule has 3 aromatic heterocycles. The molecule has 3 heterocycles. The fourth-order valence-electron chi connectivity index (χ4n) is 8.69. The van der Waals surface area contributed by atoms with E-state index in [0.29, 0.717) is 11.3 Å². The van der Waals surface area contributed by atoms with Crippen molar-refractivity contribution in [1.82, 2.24) is 13.7 Å². The Morgan fingerprint density at radius 1 is 0.400 bits per heavy atom. The van der Waals surface area contributed by atoms with Crippen molar-refractivity contribution in [1.29, 1.82) is 5.26 Å². The molecule has 0 spiro atoms. The van der Waals surface area contributed by atoms with Crippen molar-refractivity contribution < 1.29 is 0 Å². The highest BCUT2D eigenvalue weighted by Gasteiger charge is 2.19. The van der Waals surface area contributed by atoms with E-state index in [4.69, 9.17) is 6.57 Å². The summed E-state index contributed by atoms with van der Waals surface area (Å²) in [5.41, 5.74) is 12.8. The van der Waals surface area contributed by atoms with Crippen LogP contribution in [0.5, 0.6) is 0 Å². The SMILES string of the molecule is [C-]#[N+]c1cc(-c2cccc(-n3c4ccccc4c4ccc(-n5c6ccccc6c6cc(C#N)ccc65)cc43)c2)ccc1-n1c2ccccc2c2ccccc21. The van der Waals surface area contributed by atoms with Crippen molar-refractivity contribution in [2.45, 2.75) is 0 Å². The molecule has 254 valence electrons. The predicted octanol–water partition coefficient (Wildman–Crippen LogP) is 13.1. The number of aromatic nitrogens is 3. The highest BCUT2D eigenvalue weighted by molar-refractivity contribution is 6.13. The van der Waals surface area contributed by atoms with Crippen LogP contribution in [0.3, 0.4) is 0 Å². The third-order valence-corrected chi connectivity index (χ3v) is 11.1. The standard InChI is InChI=1S/C50H29N5/c1-52-43-29-34(22-26-49(43)55-46-19-8-3-13-37(46)38-14-4-9-20-47(38)55)33-11-10-12-35(28-33)54-44-17-6-2-15-39(44)41-24-23-36(30-50(41)54)53-45-18-7-5-16-40(45)42-27-32(31-51)21-25-48(42)53/h2-30H. The summed E-state index contributed by atoms with van der Waals surface area (Å²) in [6.07, 6.45) is 0. The van der Waals surface area contributed by atoms with E-state index in [2.05, 4.69) is 182 Å². The van der Waals surface area contributed by atoms with E-state index >= 15 is 0 Å². The summed E-state index contributed by atoms with van der Waals surface area (Å²) >= 11 is 0. The van der Waals surface area contributed by atoms with E-state index in [1.807, 2.05) is 18.2 Å². The minimum Gasteiger partial charge on any atom is -0.319 e. The lowest BCUT2D eigenvalue weighted by molar-refractivity contribution is 1.15. The van der Waals surface area contributed by atoms with Crippen LogP contribution in [0.2, 0.25) is 0 Å². The summed E-state index contributed by atoms with van der Waals surface area (Å²) in [5, 5.41) is 16.6. The van der Waals surface area contributed by atoms with Crippen LogP contribution in [0, 0.1) is 17.9 Å². The summed E-state index contributed by atoms with van der Waals surface area (Å²) < 4.78 is 6.86. The number of hydrogen-bond acceptors (Lipinski definition) is 1. The normalized spacial score (nSPS) is 11.6. The second-order valence-corrected chi connectivity index (χ2v) is 14.0. The molecule has 0 atom stereocenters. The van der Waals surface area contributed by atoms with Crippen molar-refractivity contribution in [2.75, 3.05) is 0 Å². The van der Waals surface area contributed by atoms with E-state index in [1.54, 1.807) is 0 Å². The maximum absolute atomic E-state index is 9.68. The van der Waals surface area contributed by atoms with Gasteiger partial charge in [0.1, 0.15) is 0 Å². The molecule has 11 rings (SSSR count). The van der Waals surface area contributed by atoms with Crippen LogP contribution in [-0.4, -0.2) is 13.7 Å². The monoisotopic (exact) mass is 699 g/mol. The van der Waals surface area contributed by atoms with Gasteiger partial charge in [0.25, 0.3) is 0 Å². The molecule has 0 amide bonds. The maximum atomic E-state index is 9.68. The fraction of sp³-hybridized carbons (Fsp3) is 0. The second-order valence-electron chi connectivity index (χ2n) is 14.0. The molecule has 0 aliphatic carbocycles. The molecule has 55 heavy (non-hydrogen) atoms. The number of para-hydroxylation sites is 4. The number of nitrogens with zero attached hydrogens (tertiary/aromatic N) is 5. The van der Waals surface area contributed by atoms with Gasteiger partial charge < -0.3 is 13.7 Å². The topological polar surface area (TPSA) is 42.9 Å². The zero-order valence-electron chi connectivity index (χ0n) is 29.5. The molecule has 0 saturated heterocycles. The van der Waals surface area contributed by atoms with Gasteiger partial charge in [0, 0.05) is 43.7 Å². The van der Waals surface area contributed by atoms with Crippen molar-refractivity contribution in [3.05, 3.63) is 193 Å². The molecule has 5 nitrogen and oxygen atoms in total. The van der Waals surface area contributed by atoms with Gasteiger partial charge in [-0.1, -0.05) is 97.1 Å². The van der Waals surface area contributed by atoms with Crippen molar-refractivity contribution >= 4 is 71.1 Å². The molecule has 0 radical (unpaired) electrons. The Morgan fingerprint density at radius 3 is 1.56 bits per heavy atom. The molecule has 0 aliphatic heterocycles. The molecule has 0 fully saturated rings. The first-order chi connectivity index (χ1) is 27.2. The highest BCUT2D eigenvalue weighted by Crippen LogP contribution is 2.40. The van der Waals surface area contributed by atoms with E-state index in [9.17, 15) is 5.26 Å². The number of hydrogen-bond donors (Lipinski definition) is 0. The average Bonchev–Trinajstić information content (AvgIpc) is 3.88. The average molecular weight is 700 g/mol. The van der Waals surface area contributed by atoms with Crippen LogP contribution >= 0.6 is 0 Å². The van der Waals surface area contributed by atoms with E-state index in [-0.39, 0.29) is 0 Å². The lowest BCUT2D eigenvalue weighted by Gasteiger charge is -2.14. The first kappa shape index (κ1) is 30.7. The molecular weight excluding hydrogens is 671 g/mol. The van der Waals surface area contributed by atoms with Crippen LogP contribution in [0.4, 0.5) is 5.69 Å². The molecule has 8 aromatic carbocycles. The van der Waals surface area contributed by atoms with Gasteiger partial charge in [0.05, 0.1) is 57.0 Å². The first-order valence-corrected chi connectivity index (χ1v) is 18.3. The molecular formula is C50H29N5. The minimum absolute atomic E-state index is 0.601. The predicted molar refractivity (Wildman–Crippen MR) is 226 cm³/mol. The zero-order valence-corrected chi connectivity index (χ0v) is 29.5. The van der Waals surface area contributed by atoms with Crippen LogP contribution in [0.1, 0.15) is 5.56 Å². The molecule has 5 heteroatoms. The number of nitriles is 1. The Labute approximate surface area is 316 Å². The van der Waals surface area contributed by atoms with Crippen LogP contribution in [0.15, 0.2) is 176 Å². The summed E-state index contributed by atoms with van der Waals surface area (Å²) in [6, 6.07) is 63.6. The third kappa shape index (κ3) is 4.51. The molecule has 0 unspecified atom stereocenters. The largest absolute Gasteiger partial charge is 0.319 e. The maximum Gasteiger partial charge on any atom is 0.211 e. The van der Waals surface area contributed by atoms with E-state index < -0.39 is 0 Å². The van der Waals surface area contributed by atoms with Gasteiger partial charge in [-0.3, -0.25) is 0 Å². The van der Waals surface area contributed by atoms with Gasteiger partial charge in [0.2, 0.25) is 5.69 Å². The molecule has 11 aromatic rings. The Hall–Kier alpha value is -7.86. The number of fused-ring (bicyclic) bond motifs is 9. The Bertz CT molecular complexity index is 3420. The Kier molecular flexibility index (Phi) is 6.61.